The first-order chi connectivity index (χ1) is 16.0. The molecule has 0 radical (unpaired) electrons. The van der Waals surface area contributed by atoms with Gasteiger partial charge in [-0.1, -0.05) is 6.42 Å². The summed E-state index contributed by atoms with van der Waals surface area (Å²) in [5.74, 6) is 0.745. The number of hydrogen-bond donors (Lipinski definition) is 2. The predicted octanol–water partition coefficient (Wildman–Crippen LogP) is 4.96. The van der Waals surface area contributed by atoms with Gasteiger partial charge in [0.2, 0.25) is 5.95 Å². The Morgan fingerprint density at radius 1 is 1.18 bits per heavy atom. The Labute approximate surface area is 193 Å². The fourth-order valence-corrected chi connectivity index (χ4v) is 4.40. The third kappa shape index (κ3) is 7.02. The molecule has 33 heavy (non-hydrogen) atoms. The standard InChI is InChI=1S/C24H32FN5O3/c1-30-13-5-6-17(15-30)16-32-21-10-9-18(14-20(21)25)27-23-26-12-11-22(28-23)29-24(31)33-19-7-3-2-4-8-19/h9-12,14,17,19H,2-8,13,15-16H2,1H3,(H2,26,27,28,29,31). The van der Waals surface area contributed by atoms with E-state index in [2.05, 4.69) is 32.5 Å². The van der Waals surface area contributed by atoms with E-state index in [9.17, 15) is 9.18 Å². The summed E-state index contributed by atoms with van der Waals surface area (Å²) in [5, 5.41) is 5.60. The number of piperidine rings is 1. The van der Waals surface area contributed by atoms with Gasteiger partial charge in [0.1, 0.15) is 11.9 Å². The van der Waals surface area contributed by atoms with Crippen molar-refractivity contribution in [3.05, 3.63) is 36.3 Å². The molecule has 1 aliphatic carbocycles. The largest absolute Gasteiger partial charge is 0.490 e. The molecule has 0 bridgehead atoms. The molecule has 1 unspecified atom stereocenters. The van der Waals surface area contributed by atoms with E-state index in [-0.39, 0.29) is 17.8 Å². The molecule has 1 atom stereocenters. The lowest BCUT2D eigenvalue weighted by Crippen LogP contribution is -2.34. The van der Waals surface area contributed by atoms with E-state index >= 15 is 0 Å². The van der Waals surface area contributed by atoms with Crippen molar-refractivity contribution in [3.63, 3.8) is 0 Å². The van der Waals surface area contributed by atoms with Gasteiger partial charge in [0.25, 0.3) is 0 Å². The van der Waals surface area contributed by atoms with Gasteiger partial charge < -0.3 is 19.7 Å². The maximum atomic E-state index is 14.6. The number of amides is 1. The van der Waals surface area contributed by atoms with Crippen LogP contribution in [-0.4, -0.2) is 53.8 Å². The highest BCUT2D eigenvalue weighted by atomic mass is 19.1. The maximum Gasteiger partial charge on any atom is 0.413 e. The van der Waals surface area contributed by atoms with Crippen molar-refractivity contribution < 1.29 is 18.7 Å². The van der Waals surface area contributed by atoms with Gasteiger partial charge in [-0.2, -0.15) is 4.98 Å². The summed E-state index contributed by atoms with van der Waals surface area (Å²) < 4.78 is 25.8. The lowest BCUT2D eigenvalue weighted by atomic mass is 9.98. The molecule has 2 aromatic rings. The lowest BCUT2D eigenvalue weighted by Gasteiger charge is -2.29. The van der Waals surface area contributed by atoms with Gasteiger partial charge in [0, 0.05) is 30.4 Å². The summed E-state index contributed by atoms with van der Waals surface area (Å²) in [6, 6.07) is 6.25. The van der Waals surface area contributed by atoms with Crippen molar-refractivity contribution in [2.45, 2.75) is 51.0 Å². The van der Waals surface area contributed by atoms with Gasteiger partial charge in [-0.3, -0.25) is 5.32 Å². The summed E-state index contributed by atoms with van der Waals surface area (Å²) in [7, 11) is 2.10. The minimum absolute atomic E-state index is 0.0408. The van der Waals surface area contributed by atoms with Gasteiger partial charge in [-0.05, 0) is 70.3 Å². The Bertz CT molecular complexity index is 938. The average Bonchev–Trinajstić information content (AvgIpc) is 2.79. The van der Waals surface area contributed by atoms with Crippen LogP contribution in [0.1, 0.15) is 44.9 Å². The Balaban J connectivity index is 1.30. The van der Waals surface area contributed by atoms with Gasteiger partial charge in [0.15, 0.2) is 11.6 Å². The van der Waals surface area contributed by atoms with Crippen molar-refractivity contribution in [1.29, 1.82) is 0 Å². The monoisotopic (exact) mass is 457 g/mol. The molecule has 2 N–H and O–H groups in total. The third-order valence-electron chi connectivity index (χ3n) is 6.10. The summed E-state index contributed by atoms with van der Waals surface area (Å²) in [6.45, 7) is 2.57. The Hall–Kier alpha value is -2.94. The van der Waals surface area contributed by atoms with Crippen molar-refractivity contribution in [2.24, 2.45) is 5.92 Å². The van der Waals surface area contributed by atoms with Crippen molar-refractivity contribution in [3.8, 4) is 5.75 Å². The van der Waals surface area contributed by atoms with E-state index in [0.29, 0.717) is 24.0 Å². The van der Waals surface area contributed by atoms with E-state index in [1.54, 1.807) is 18.2 Å². The zero-order valence-corrected chi connectivity index (χ0v) is 19.1. The molecule has 8 nitrogen and oxygen atoms in total. The number of likely N-dealkylation sites (tertiary alicyclic amines) is 1. The molecule has 2 heterocycles. The molecule has 2 fully saturated rings. The molecule has 1 aromatic heterocycles. The third-order valence-corrected chi connectivity index (χ3v) is 6.10. The Kier molecular flexibility index (Phi) is 7.93. The topological polar surface area (TPSA) is 88.6 Å². The number of benzene rings is 1. The number of nitrogens with one attached hydrogen (secondary N) is 2. The van der Waals surface area contributed by atoms with Gasteiger partial charge in [-0.15, -0.1) is 0 Å². The van der Waals surface area contributed by atoms with Crippen LogP contribution >= 0.6 is 0 Å². The molecule has 4 rings (SSSR count). The average molecular weight is 458 g/mol. The fourth-order valence-electron chi connectivity index (χ4n) is 4.40. The van der Waals surface area contributed by atoms with Crippen molar-refractivity contribution in [1.82, 2.24) is 14.9 Å². The van der Waals surface area contributed by atoms with Crippen molar-refractivity contribution in [2.75, 3.05) is 37.4 Å². The molecule has 1 aromatic carbocycles. The number of anilines is 3. The molecular formula is C24H32FN5O3. The summed E-state index contributed by atoms with van der Waals surface area (Å²) in [5.41, 5.74) is 0.485. The molecule has 178 valence electrons. The normalized spacial score (nSPS) is 19.6. The van der Waals surface area contributed by atoms with Crippen LogP contribution in [0.3, 0.4) is 0 Å². The first-order valence-corrected chi connectivity index (χ1v) is 11.7. The molecule has 1 amide bonds. The number of carbonyl (C=O) groups excluding carboxylic acids is 1. The second-order valence-electron chi connectivity index (χ2n) is 8.91. The van der Waals surface area contributed by atoms with Crippen LogP contribution < -0.4 is 15.4 Å². The van der Waals surface area contributed by atoms with Crippen LogP contribution in [0.15, 0.2) is 30.5 Å². The molecular weight excluding hydrogens is 425 g/mol. The van der Waals surface area contributed by atoms with Gasteiger partial charge in [-0.25, -0.2) is 14.2 Å². The molecule has 1 aliphatic heterocycles. The minimum Gasteiger partial charge on any atom is -0.490 e. The van der Waals surface area contributed by atoms with Crippen LogP contribution in [0.4, 0.5) is 26.6 Å². The first kappa shape index (κ1) is 23.2. The van der Waals surface area contributed by atoms with Crippen LogP contribution in [-0.2, 0) is 4.74 Å². The molecule has 1 saturated heterocycles. The number of carbonyl (C=O) groups is 1. The number of halogens is 1. The SMILES string of the molecule is CN1CCCC(COc2ccc(Nc3nccc(NC(=O)OC4CCCCC4)n3)cc2F)C1. The van der Waals surface area contributed by atoms with E-state index in [1.807, 2.05) is 0 Å². The van der Waals surface area contributed by atoms with Crippen LogP contribution in [0.25, 0.3) is 0 Å². The van der Waals surface area contributed by atoms with Gasteiger partial charge >= 0.3 is 6.09 Å². The number of ether oxygens (including phenoxy) is 2. The van der Waals surface area contributed by atoms with Crippen molar-refractivity contribution >= 4 is 23.5 Å². The first-order valence-electron chi connectivity index (χ1n) is 11.7. The van der Waals surface area contributed by atoms with E-state index < -0.39 is 11.9 Å². The van der Waals surface area contributed by atoms with Crippen LogP contribution in [0.5, 0.6) is 5.75 Å². The smallest absolute Gasteiger partial charge is 0.413 e. The number of aromatic nitrogens is 2. The highest BCUT2D eigenvalue weighted by Gasteiger charge is 2.19. The van der Waals surface area contributed by atoms with Crippen LogP contribution in [0.2, 0.25) is 0 Å². The molecule has 9 heteroatoms. The molecule has 0 spiro atoms. The van der Waals surface area contributed by atoms with E-state index in [0.717, 1.165) is 51.6 Å². The minimum atomic E-state index is -0.525. The molecule has 1 saturated carbocycles. The second-order valence-corrected chi connectivity index (χ2v) is 8.91. The Morgan fingerprint density at radius 3 is 2.82 bits per heavy atom. The predicted molar refractivity (Wildman–Crippen MR) is 124 cm³/mol. The fraction of sp³-hybridized carbons (Fsp3) is 0.542. The number of nitrogens with zero attached hydrogens (tertiary/aromatic N) is 3. The summed E-state index contributed by atoms with van der Waals surface area (Å²) >= 11 is 0. The van der Waals surface area contributed by atoms with Gasteiger partial charge in [0.05, 0.1) is 6.61 Å². The van der Waals surface area contributed by atoms with E-state index in [4.69, 9.17) is 9.47 Å². The number of rotatable bonds is 7. The second kappa shape index (κ2) is 11.3. The van der Waals surface area contributed by atoms with Crippen LogP contribution in [0, 0.1) is 11.7 Å². The zero-order chi connectivity index (χ0) is 23.0. The zero-order valence-electron chi connectivity index (χ0n) is 19.1. The Morgan fingerprint density at radius 2 is 2.03 bits per heavy atom. The summed E-state index contributed by atoms with van der Waals surface area (Å²) in [6.07, 6.45) is 8.33. The summed E-state index contributed by atoms with van der Waals surface area (Å²) in [4.78, 5) is 22.8. The van der Waals surface area contributed by atoms with E-state index in [1.165, 1.54) is 18.7 Å². The highest BCUT2D eigenvalue weighted by Crippen LogP contribution is 2.25. The molecule has 2 aliphatic rings. The number of hydrogen-bond acceptors (Lipinski definition) is 7. The lowest BCUT2D eigenvalue weighted by molar-refractivity contribution is 0.0864. The maximum absolute atomic E-state index is 14.6. The quantitative estimate of drug-likeness (QED) is 0.607. The highest BCUT2D eigenvalue weighted by molar-refractivity contribution is 5.83.